The van der Waals surface area contributed by atoms with Crippen molar-refractivity contribution in [2.24, 2.45) is 0 Å². The van der Waals surface area contributed by atoms with Gasteiger partial charge in [-0.25, -0.2) is 9.37 Å². The van der Waals surface area contributed by atoms with Gasteiger partial charge in [-0.2, -0.15) is 0 Å². The number of carbonyl (C=O) groups is 1. The fraction of sp³-hybridized carbons (Fsp3) is 0.231. The maximum absolute atomic E-state index is 14.5. The summed E-state index contributed by atoms with van der Waals surface area (Å²) in [4.78, 5) is 17.5. The summed E-state index contributed by atoms with van der Waals surface area (Å²) in [6.45, 7) is 1.61. The number of nitrogens with zero attached hydrogens (tertiary/aromatic N) is 1. The normalized spacial score (nSPS) is 17.0. The zero-order valence-corrected chi connectivity index (χ0v) is 18.7. The number of aliphatic hydroxyl groups is 1. The lowest BCUT2D eigenvalue weighted by atomic mass is 9.92. The molecule has 0 bridgehead atoms. The number of hydrogen-bond donors (Lipinski definition) is 5. The van der Waals surface area contributed by atoms with Crippen LogP contribution in [0, 0.1) is 12.7 Å². The largest absolute Gasteiger partial charge is 0.508 e. The number of pyridine rings is 1. The highest BCUT2D eigenvalue weighted by molar-refractivity contribution is 6.15. The number of rotatable bonds is 4. The molecular formula is C26H25FN4O3. The molecule has 3 aromatic rings. The first kappa shape index (κ1) is 21.9. The fourth-order valence-electron chi connectivity index (χ4n) is 4.32. The molecule has 0 unspecified atom stereocenters. The van der Waals surface area contributed by atoms with Crippen LogP contribution in [0.2, 0.25) is 0 Å². The number of amides is 1. The van der Waals surface area contributed by atoms with Crippen LogP contribution < -0.4 is 16.0 Å². The van der Waals surface area contributed by atoms with Gasteiger partial charge in [0.15, 0.2) is 0 Å². The molecule has 1 aliphatic heterocycles. The van der Waals surface area contributed by atoms with Crippen LogP contribution in [0.1, 0.15) is 40.7 Å². The number of hydrogen-bond acceptors (Lipinski definition) is 6. The van der Waals surface area contributed by atoms with Crippen molar-refractivity contribution in [2.45, 2.75) is 38.7 Å². The molecule has 8 heteroatoms. The van der Waals surface area contributed by atoms with Crippen molar-refractivity contribution in [3.8, 4) is 5.75 Å². The molecule has 5 N–H and O–H groups in total. The molecule has 1 atom stereocenters. The molecule has 1 amide bonds. The Hall–Kier alpha value is -3.91. The van der Waals surface area contributed by atoms with Crippen molar-refractivity contribution in [1.29, 1.82) is 0 Å². The number of fused-ring (bicyclic) bond motifs is 2. The van der Waals surface area contributed by atoms with Crippen LogP contribution in [0.5, 0.6) is 5.75 Å². The van der Waals surface area contributed by atoms with E-state index in [1.54, 1.807) is 13.0 Å². The summed E-state index contributed by atoms with van der Waals surface area (Å²) in [7, 11) is 0. The van der Waals surface area contributed by atoms with Crippen molar-refractivity contribution in [3.63, 3.8) is 0 Å². The number of anilines is 5. The van der Waals surface area contributed by atoms with E-state index in [9.17, 15) is 19.4 Å². The minimum absolute atomic E-state index is 0.0471. The van der Waals surface area contributed by atoms with Crippen molar-refractivity contribution in [3.05, 3.63) is 76.8 Å². The molecule has 0 radical (unpaired) electrons. The molecule has 0 saturated carbocycles. The molecule has 1 aliphatic carbocycles. The first-order chi connectivity index (χ1) is 16.4. The number of benzene rings is 2. The van der Waals surface area contributed by atoms with Crippen LogP contribution >= 0.6 is 0 Å². The first-order valence-electron chi connectivity index (χ1n) is 11.2. The number of aromatic nitrogens is 1. The second kappa shape index (κ2) is 8.79. The van der Waals surface area contributed by atoms with Crippen LogP contribution in [0.4, 0.5) is 33.0 Å². The van der Waals surface area contributed by atoms with Crippen molar-refractivity contribution < 1.29 is 19.4 Å². The molecule has 0 spiro atoms. The van der Waals surface area contributed by atoms with Crippen LogP contribution in [-0.4, -0.2) is 27.2 Å². The standard InChI is InChI=1S/C26H25FN4O3/c1-14-10-18(27)21(13-23(14)33)29-20-8-9-28-25-24(20)26(34)31-22-12-16(4-7-19(22)30-25)11-15-2-5-17(32)6-3-15/h2,4,7-10,12-13,17,32-33H,3,5-6,11H2,1H3,(H,31,34)(H2,28,29,30)/t17-/m1/s1. The topological polar surface area (TPSA) is 107 Å². The number of halogens is 1. The van der Waals surface area contributed by atoms with Gasteiger partial charge in [0, 0.05) is 12.3 Å². The second-order valence-corrected chi connectivity index (χ2v) is 8.75. The van der Waals surface area contributed by atoms with E-state index < -0.39 is 5.82 Å². The third-order valence-corrected chi connectivity index (χ3v) is 6.23. The van der Waals surface area contributed by atoms with Gasteiger partial charge in [0.1, 0.15) is 22.9 Å². The highest BCUT2D eigenvalue weighted by atomic mass is 19.1. The third kappa shape index (κ3) is 4.32. The van der Waals surface area contributed by atoms with Gasteiger partial charge in [-0.1, -0.05) is 17.7 Å². The summed E-state index contributed by atoms with van der Waals surface area (Å²) in [6, 6.07) is 9.94. The van der Waals surface area contributed by atoms with Gasteiger partial charge in [0.2, 0.25) is 0 Å². The Morgan fingerprint density at radius 3 is 2.79 bits per heavy atom. The number of aryl methyl sites for hydroxylation is 1. The number of aliphatic hydroxyl groups excluding tert-OH is 1. The molecule has 2 aromatic carbocycles. The molecule has 0 fully saturated rings. The zero-order valence-electron chi connectivity index (χ0n) is 18.7. The Kier molecular flexibility index (Phi) is 5.67. The van der Waals surface area contributed by atoms with E-state index in [0.717, 1.165) is 24.8 Å². The highest BCUT2D eigenvalue weighted by Gasteiger charge is 2.24. The lowest BCUT2D eigenvalue weighted by Crippen LogP contribution is -2.14. The summed E-state index contributed by atoms with van der Waals surface area (Å²) in [5.74, 6) is -0.630. The second-order valence-electron chi connectivity index (χ2n) is 8.75. The highest BCUT2D eigenvalue weighted by Crippen LogP contribution is 2.37. The van der Waals surface area contributed by atoms with Gasteiger partial charge >= 0.3 is 0 Å². The van der Waals surface area contributed by atoms with Crippen LogP contribution in [0.25, 0.3) is 0 Å². The smallest absolute Gasteiger partial charge is 0.261 e. The van der Waals surface area contributed by atoms with Crippen LogP contribution in [-0.2, 0) is 6.42 Å². The number of carbonyl (C=O) groups excluding carboxylic acids is 1. The van der Waals surface area contributed by atoms with E-state index in [1.165, 1.54) is 23.9 Å². The Balaban J connectivity index is 1.43. The van der Waals surface area contributed by atoms with Gasteiger partial charge in [-0.05, 0) is 68.0 Å². The third-order valence-electron chi connectivity index (χ3n) is 6.23. The minimum atomic E-state index is -0.541. The Morgan fingerprint density at radius 1 is 1.15 bits per heavy atom. The minimum Gasteiger partial charge on any atom is -0.508 e. The summed E-state index contributed by atoms with van der Waals surface area (Å²) >= 11 is 0. The monoisotopic (exact) mass is 460 g/mol. The molecule has 5 rings (SSSR count). The van der Waals surface area contributed by atoms with Gasteiger partial charge in [0.25, 0.3) is 5.91 Å². The van der Waals surface area contributed by atoms with Crippen LogP contribution in [0.3, 0.4) is 0 Å². The number of allylic oxidation sites excluding steroid dienone is 1. The van der Waals surface area contributed by atoms with E-state index in [1.807, 2.05) is 18.2 Å². The number of phenols is 1. The van der Waals surface area contributed by atoms with E-state index in [4.69, 9.17) is 0 Å². The Bertz CT molecular complexity index is 1320. The summed E-state index contributed by atoms with van der Waals surface area (Å²) < 4.78 is 14.5. The van der Waals surface area contributed by atoms with Gasteiger partial charge in [-0.3, -0.25) is 4.79 Å². The van der Waals surface area contributed by atoms with Gasteiger partial charge < -0.3 is 26.2 Å². The lowest BCUT2D eigenvalue weighted by Gasteiger charge is -2.18. The first-order valence-corrected chi connectivity index (χ1v) is 11.2. The van der Waals surface area contributed by atoms with Crippen molar-refractivity contribution >= 4 is 34.5 Å². The summed E-state index contributed by atoms with van der Waals surface area (Å²) in [6.07, 6.45) is 6.42. The lowest BCUT2D eigenvalue weighted by molar-refractivity contribution is 0.102. The Morgan fingerprint density at radius 2 is 2.00 bits per heavy atom. The molecule has 0 saturated heterocycles. The molecule has 34 heavy (non-hydrogen) atoms. The number of phenolic OH excluding ortho intramolecular Hbond substituents is 1. The van der Waals surface area contributed by atoms with E-state index in [-0.39, 0.29) is 29.0 Å². The fourth-order valence-corrected chi connectivity index (χ4v) is 4.32. The molecule has 2 heterocycles. The predicted molar refractivity (Wildman–Crippen MR) is 130 cm³/mol. The molecular weight excluding hydrogens is 435 g/mol. The van der Waals surface area contributed by atoms with Gasteiger partial charge in [0.05, 0.1) is 28.9 Å². The average Bonchev–Trinajstić information content (AvgIpc) is 2.95. The molecule has 2 aliphatic rings. The number of nitrogens with one attached hydrogen (secondary N) is 3. The SMILES string of the molecule is Cc1cc(F)c(Nc2ccnc3c2C(=O)Nc2cc(CC4=CC[C@@H](O)CC4)ccc2N3)cc1O. The zero-order chi connectivity index (χ0) is 23.8. The molecule has 174 valence electrons. The maximum atomic E-state index is 14.5. The quantitative estimate of drug-likeness (QED) is 0.338. The Labute approximate surface area is 196 Å². The summed E-state index contributed by atoms with van der Waals surface area (Å²) in [5.41, 5.74) is 4.73. The predicted octanol–water partition coefficient (Wildman–Crippen LogP) is 5.30. The summed E-state index contributed by atoms with van der Waals surface area (Å²) in [5, 5.41) is 28.8. The maximum Gasteiger partial charge on any atom is 0.261 e. The van der Waals surface area contributed by atoms with E-state index in [0.29, 0.717) is 34.9 Å². The molecule has 1 aromatic heterocycles. The van der Waals surface area contributed by atoms with E-state index in [2.05, 4.69) is 27.0 Å². The van der Waals surface area contributed by atoms with Crippen molar-refractivity contribution in [2.75, 3.05) is 16.0 Å². The van der Waals surface area contributed by atoms with E-state index >= 15 is 0 Å². The van der Waals surface area contributed by atoms with Crippen molar-refractivity contribution in [1.82, 2.24) is 4.98 Å². The van der Waals surface area contributed by atoms with Crippen LogP contribution in [0.15, 0.2) is 54.2 Å². The number of aromatic hydroxyl groups is 1. The molecule has 7 nitrogen and oxygen atoms in total. The van der Waals surface area contributed by atoms with Gasteiger partial charge in [-0.15, -0.1) is 0 Å². The average molecular weight is 461 g/mol.